The minimum Gasteiger partial charge on any atom is -0.314 e. The molecule has 0 amide bonds. The van der Waals surface area contributed by atoms with Crippen LogP contribution in [0, 0.1) is 0 Å². The van der Waals surface area contributed by atoms with Gasteiger partial charge < -0.3 is 5.32 Å². The highest BCUT2D eigenvalue weighted by atomic mass is 35.5. The summed E-state index contributed by atoms with van der Waals surface area (Å²) in [5.41, 5.74) is 1.82. The molecule has 0 spiro atoms. The molecule has 2 nitrogen and oxygen atoms in total. The van der Waals surface area contributed by atoms with Crippen LogP contribution in [0.3, 0.4) is 0 Å². The van der Waals surface area contributed by atoms with Crippen molar-refractivity contribution in [1.82, 2.24) is 10.2 Å². The van der Waals surface area contributed by atoms with Gasteiger partial charge in [-0.05, 0) is 30.5 Å². The van der Waals surface area contributed by atoms with Crippen LogP contribution in [-0.2, 0) is 5.41 Å². The molecule has 0 aromatic heterocycles. The average Bonchev–Trinajstić information content (AvgIpc) is 2.35. The zero-order chi connectivity index (χ0) is 12.4. The van der Waals surface area contributed by atoms with E-state index in [1.54, 1.807) is 0 Å². The van der Waals surface area contributed by atoms with Crippen LogP contribution in [0.2, 0.25) is 5.02 Å². The first kappa shape index (κ1) is 12.5. The van der Waals surface area contributed by atoms with Crippen molar-refractivity contribution >= 4 is 11.6 Å². The van der Waals surface area contributed by atoms with E-state index in [1.807, 2.05) is 6.07 Å². The van der Waals surface area contributed by atoms with Crippen molar-refractivity contribution in [3.8, 4) is 0 Å². The van der Waals surface area contributed by atoms with E-state index < -0.39 is 0 Å². The Morgan fingerprint density at radius 3 is 2.61 bits per heavy atom. The number of nitrogens with zero attached hydrogens (tertiary/aromatic N) is 1. The molecule has 0 bridgehead atoms. The number of hydrogen-bond acceptors (Lipinski definition) is 2. The third-order valence-corrected chi connectivity index (χ3v) is 4.72. The number of rotatable bonds is 3. The van der Waals surface area contributed by atoms with Crippen LogP contribution < -0.4 is 5.32 Å². The van der Waals surface area contributed by atoms with Crippen LogP contribution in [0.15, 0.2) is 24.3 Å². The summed E-state index contributed by atoms with van der Waals surface area (Å²) in [6.07, 6.45) is 3.99. The highest BCUT2D eigenvalue weighted by Crippen LogP contribution is 2.44. The molecule has 1 heterocycles. The highest BCUT2D eigenvalue weighted by Gasteiger charge is 2.40. The Labute approximate surface area is 114 Å². The lowest BCUT2D eigenvalue weighted by molar-refractivity contribution is 0.128. The molecule has 1 aliphatic carbocycles. The Morgan fingerprint density at radius 1 is 1.22 bits per heavy atom. The molecule has 2 fully saturated rings. The topological polar surface area (TPSA) is 15.3 Å². The van der Waals surface area contributed by atoms with Gasteiger partial charge in [-0.3, -0.25) is 4.90 Å². The summed E-state index contributed by atoms with van der Waals surface area (Å²) in [6.45, 7) is 5.83. The van der Waals surface area contributed by atoms with E-state index >= 15 is 0 Å². The SMILES string of the molecule is Clc1cccc(C2(CN3CCNCC3)CCC2)c1. The summed E-state index contributed by atoms with van der Waals surface area (Å²) >= 11 is 6.15. The molecule has 3 heteroatoms. The maximum Gasteiger partial charge on any atom is 0.0408 e. The first-order chi connectivity index (χ1) is 8.78. The van der Waals surface area contributed by atoms with E-state index in [0.717, 1.165) is 18.1 Å². The summed E-state index contributed by atoms with van der Waals surface area (Å²) in [5, 5.41) is 4.30. The van der Waals surface area contributed by atoms with Gasteiger partial charge in [0.1, 0.15) is 0 Å². The normalized spacial score (nSPS) is 23.6. The van der Waals surface area contributed by atoms with Gasteiger partial charge in [-0.15, -0.1) is 0 Å². The minimum absolute atomic E-state index is 0.377. The molecule has 98 valence electrons. The number of piperazine rings is 1. The van der Waals surface area contributed by atoms with Gasteiger partial charge in [0.05, 0.1) is 0 Å². The summed E-state index contributed by atoms with van der Waals surface area (Å²) in [6, 6.07) is 8.49. The fourth-order valence-corrected chi connectivity index (χ4v) is 3.45. The van der Waals surface area contributed by atoms with E-state index in [0.29, 0.717) is 5.41 Å². The fraction of sp³-hybridized carbons (Fsp3) is 0.600. The fourth-order valence-electron chi connectivity index (χ4n) is 3.26. The van der Waals surface area contributed by atoms with Crippen LogP contribution in [0.4, 0.5) is 0 Å². The smallest absolute Gasteiger partial charge is 0.0408 e. The molecule has 2 aliphatic rings. The van der Waals surface area contributed by atoms with E-state index in [9.17, 15) is 0 Å². The molecule has 3 rings (SSSR count). The molecule has 1 N–H and O–H groups in total. The van der Waals surface area contributed by atoms with Gasteiger partial charge >= 0.3 is 0 Å². The van der Waals surface area contributed by atoms with Gasteiger partial charge in [0, 0.05) is 43.2 Å². The van der Waals surface area contributed by atoms with Crippen molar-refractivity contribution in [3.05, 3.63) is 34.9 Å². The van der Waals surface area contributed by atoms with Crippen LogP contribution in [-0.4, -0.2) is 37.6 Å². The molecule has 18 heavy (non-hydrogen) atoms. The predicted octanol–water partition coefficient (Wildman–Crippen LogP) is 2.67. The second kappa shape index (κ2) is 5.20. The molecule has 1 saturated heterocycles. The standard InChI is InChI=1S/C15H21ClN2/c16-14-4-1-3-13(11-14)15(5-2-6-15)12-18-9-7-17-8-10-18/h1,3-4,11,17H,2,5-10,12H2. The molecule has 1 aromatic carbocycles. The van der Waals surface area contributed by atoms with Gasteiger partial charge in [0.25, 0.3) is 0 Å². The lowest BCUT2D eigenvalue weighted by atomic mass is 9.64. The number of halogens is 1. The van der Waals surface area contributed by atoms with E-state index in [2.05, 4.69) is 28.4 Å². The van der Waals surface area contributed by atoms with Gasteiger partial charge in [0.2, 0.25) is 0 Å². The van der Waals surface area contributed by atoms with Crippen LogP contribution in [0.25, 0.3) is 0 Å². The number of benzene rings is 1. The zero-order valence-electron chi connectivity index (χ0n) is 10.8. The van der Waals surface area contributed by atoms with Gasteiger partial charge in [-0.2, -0.15) is 0 Å². The Hall–Kier alpha value is -0.570. The molecular formula is C15H21ClN2. The Bertz CT molecular complexity index is 409. The largest absolute Gasteiger partial charge is 0.314 e. The van der Waals surface area contributed by atoms with Crippen molar-refractivity contribution < 1.29 is 0 Å². The summed E-state index contributed by atoms with van der Waals surface area (Å²) in [4.78, 5) is 2.61. The van der Waals surface area contributed by atoms with E-state index in [-0.39, 0.29) is 0 Å². The zero-order valence-corrected chi connectivity index (χ0v) is 11.5. The van der Waals surface area contributed by atoms with Gasteiger partial charge in [-0.1, -0.05) is 30.2 Å². The molecule has 1 aliphatic heterocycles. The molecule has 0 radical (unpaired) electrons. The lowest BCUT2D eigenvalue weighted by Crippen LogP contribution is -2.51. The predicted molar refractivity (Wildman–Crippen MR) is 76.3 cm³/mol. The van der Waals surface area contributed by atoms with Crippen LogP contribution in [0.5, 0.6) is 0 Å². The molecular weight excluding hydrogens is 244 g/mol. The number of hydrogen-bond donors (Lipinski definition) is 1. The quantitative estimate of drug-likeness (QED) is 0.903. The maximum atomic E-state index is 6.15. The molecule has 0 atom stereocenters. The van der Waals surface area contributed by atoms with Crippen molar-refractivity contribution in [2.24, 2.45) is 0 Å². The second-order valence-electron chi connectivity index (χ2n) is 5.67. The van der Waals surface area contributed by atoms with Crippen molar-refractivity contribution in [2.45, 2.75) is 24.7 Å². The monoisotopic (exact) mass is 264 g/mol. The highest BCUT2D eigenvalue weighted by molar-refractivity contribution is 6.30. The maximum absolute atomic E-state index is 6.15. The third kappa shape index (κ3) is 2.42. The minimum atomic E-state index is 0.377. The van der Waals surface area contributed by atoms with Crippen molar-refractivity contribution in [2.75, 3.05) is 32.7 Å². The Balaban J connectivity index is 1.77. The van der Waals surface area contributed by atoms with Crippen LogP contribution >= 0.6 is 11.6 Å². The molecule has 1 aromatic rings. The summed E-state index contributed by atoms with van der Waals surface area (Å²) in [5.74, 6) is 0. The van der Waals surface area contributed by atoms with E-state index in [1.165, 1.54) is 44.5 Å². The van der Waals surface area contributed by atoms with Crippen molar-refractivity contribution in [1.29, 1.82) is 0 Å². The third-order valence-electron chi connectivity index (χ3n) is 4.48. The summed E-state index contributed by atoms with van der Waals surface area (Å²) < 4.78 is 0. The van der Waals surface area contributed by atoms with Crippen LogP contribution in [0.1, 0.15) is 24.8 Å². The van der Waals surface area contributed by atoms with Gasteiger partial charge in [0.15, 0.2) is 0 Å². The first-order valence-corrected chi connectivity index (χ1v) is 7.35. The first-order valence-electron chi connectivity index (χ1n) is 6.98. The number of nitrogens with one attached hydrogen (secondary N) is 1. The molecule has 1 saturated carbocycles. The molecule has 0 unspecified atom stereocenters. The van der Waals surface area contributed by atoms with Crippen molar-refractivity contribution in [3.63, 3.8) is 0 Å². The van der Waals surface area contributed by atoms with E-state index in [4.69, 9.17) is 11.6 Å². The Morgan fingerprint density at radius 2 is 2.00 bits per heavy atom. The average molecular weight is 265 g/mol. The second-order valence-corrected chi connectivity index (χ2v) is 6.11. The van der Waals surface area contributed by atoms with Gasteiger partial charge in [-0.25, -0.2) is 0 Å². The summed E-state index contributed by atoms with van der Waals surface area (Å²) in [7, 11) is 0. The lowest BCUT2D eigenvalue weighted by Gasteiger charge is -2.46. The Kier molecular flexibility index (Phi) is 3.60.